The van der Waals surface area contributed by atoms with Crippen LogP contribution < -0.4 is 10.0 Å². The van der Waals surface area contributed by atoms with E-state index in [0.29, 0.717) is 12.3 Å². The average molecular weight is 277 g/mol. The fraction of sp³-hybridized carbons (Fsp3) is 1.00. The molecule has 18 heavy (non-hydrogen) atoms. The lowest BCUT2D eigenvalue weighted by Gasteiger charge is -2.34. The molecule has 0 aromatic rings. The van der Waals surface area contributed by atoms with Crippen molar-refractivity contribution in [2.75, 3.05) is 39.0 Å². The molecule has 0 radical (unpaired) electrons. The Morgan fingerprint density at radius 3 is 2.72 bits per heavy atom. The largest absolute Gasteiger partial charge is 0.317 e. The number of likely N-dealkylation sites (tertiary alicyclic amines) is 1. The molecule has 5 nitrogen and oxygen atoms in total. The fourth-order valence-corrected chi connectivity index (χ4v) is 3.84. The molecule has 1 rings (SSSR count). The second kappa shape index (κ2) is 7.43. The first-order valence-electron chi connectivity index (χ1n) is 6.84. The summed E-state index contributed by atoms with van der Waals surface area (Å²) in [5.74, 6) is 0.603. The van der Waals surface area contributed by atoms with Gasteiger partial charge in [-0.1, -0.05) is 13.8 Å². The maximum Gasteiger partial charge on any atom is 0.211 e. The number of rotatable bonds is 7. The van der Waals surface area contributed by atoms with Crippen LogP contribution in [-0.4, -0.2) is 58.3 Å². The normalized spacial score (nSPS) is 26.4. The van der Waals surface area contributed by atoms with Crippen LogP contribution >= 0.6 is 0 Å². The van der Waals surface area contributed by atoms with E-state index in [2.05, 4.69) is 28.9 Å². The van der Waals surface area contributed by atoms with Crippen molar-refractivity contribution >= 4 is 10.0 Å². The Balaban J connectivity index is 2.35. The van der Waals surface area contributed by atoms with E-state index in [1.165, 1.54) is 0 Å². The standard InChI is InChI=1S/C12H27N3O2S/c1-4-13-7-5-9-18(16,17)14-12-6-8-15(3)10-11(12)2/h11-14H,4-10H2,1-3H3. The van der Waals surface area contributed by atoms with Gasteiger partial charge in [0.15, 0.2) is 0 Å². The predicted molar refractivity (Wildman–Crippen MR) is 75.1 cm³/mol. The van der Waals surface area contributed by atoms with Crippen molar-refractivity contribution in [3.05, 3.63) is 0 Å². The lowest BCUT2D eigenvalue weighted by molar-refractivity contribution is 0.188. The summed E-state index contributed by atoms with van der Waals surface area (Å²) in [5, 5.41) is 3.14. The van der Waals surface area contributed by atoms with Crippen LogP contribution in [-0.2, 0) is 10.0 Å². The van der Waals surface area contributed by atoms with Gasteiger partial charge in [0.05, 0.1) is 5.75 Å². The van der Waals surface area contributed by atoms with Gasteiger partial charge in [0.25, 0.3) is 0 Å². The zero-order valence-corrected chi connectivity index (χ0v) is 12.6. The minimum Gasteiger partial charge on any atom is -0.317 e. The van der Waals surface area contributed by atoms with E-state index in [0.717, 1.165) is 32.6 Å². The van der Waals surface area contributed by atoms with Crippen molar-refractivity contribution in [2.45, 2.75) is 32.7 Å². The number of nitrogens with one attached hydrogen (secondary N) is 2. The summed E-state index contributed by atoms with van der Waals surface area (Å²) < 4.78 is 26.7. The molecule has 2 unspecified atom stereocenters. The van der Waals surface area contributed by atoms with Crippen LogP contribution in [0.1, 0.15) is 26.7 Å². The Labute approximate surface area is 111 Å². The van der Waals surface area contributed by atoms with Crippen LogP contribution in [0.15, 0.2) is 0 Å². The molecule has 2 N–H and O–H groups in total. The van der Waals surface area contributed by atoms with Crippen molar-refractivity contribution < 1.29 is 8.42 Å². The summed E-state index contributed by atoms with van der Waals surface area (Å²) in [6.45, 7) is 7.72. The molecular weight excluding hydrogens is 250 g/mol. The Morgan fingerprint density at radius 2 is 2.11 bits per heavy atom. The van der Waals surface area contributed by atoms with Crippen LogP contribution in [0.2, 0.25) is 0 Å². The van der Waals surface area contributed by atoms with E-state index in [4.69, 9.17) is 0 Å². The Morgan fingerprint density at radius 1 is 1.39 bits per heavy atom. The monoisotopic (exact) mass is 277 g/mol. The van der Waals surface area contributed by atoms with Gasteiger partial charge in [0.1, 0.15) is 0 Å². The van der Waals surface area contributed by atoms with Crippen LogP contribution in [0, 0.1) is 5.92 Å². The van der Waals surface area contributed by atoms with E-state index < -0.39 is 10.0 Å². The second-order valence-electron chi connectivity index (χ2n) is 5.28. The summed E-state index contributed by atoms with van der Waals surface area (Å²) >= 11 is 0. The summed E-state index contributed by atoms with van der Waals surface area (Å²) in [7, 11) is -1.04. The van der Waals surface area contributed by atoms with Gasteiger partial charge in [-0.2, -0.15) is 0 Å². The summed E-state index contributed by atoms with van der Waals surface area (Å²) in [4.78, 5) is 2.25. The molecule has 6 heteroatoms. The molecule has 0 bridgehead atoms. The summed E-state index contributed by atoms with van der Waals surface area (Å²) in [5.41, 5.74) is 0. The lowest BCUT2D eigenvalue weighted by atomic mass is 9.95. The Hall–Kier alpha value is -0.170. The molecule has 108 valence electrons. The number of sulfonamides is 1. The fourth-order valence-electron chi connectivity index (χ4n) is 2.38. The highest BCUT2D eigenvalue weighted by atomic mass is 32.2. The highest BCUT2D eigenvalue weighted by Crippen LogP contribution is 2.16. The SMILES string of the molecule is CCNCCCS(=O)(=O)NC1CCN(C)CC1C. The zero-order chi connectivity index (χ0) is 13.6. The van der Waals surface area contributed by atoms with E-state index in [9.17, 15) is 8.42 Å². The van der Waals surface area contributed by atoms with Gasteiger partial charge in [-0.25, -0.2) is 13.1 Å². The highest BCUT2D eigenvalue weighted by Gasteiger charge is 2.27. The van der Waals surface area contributed by atoms with Gasteiger partial charge >= 0.3 is 0 Å². The first-order valence-corrected chi connectivity index (χ1v) is 8.49. The third-order valence-electron chi connectivity index (χ3n) is 3.46. The van der Waals surface area contributed by atoms with Crippen molar-refractivity contribution in [3.8, 4) is 0 Å². The van der Waals surface area contributed by atoms with Crippen LogP contribution in [0.5, 0.6) is 0 Å². The number of hydrogen-bond acceptors (Lipinski definition) is 4. The molecule has 1 fully saturated rings. The maximum atomic E-state index is 11.9. The quantitative estimate of drug-likeness (QED) is 0.655. The van der Waals surface area contributed by atoms with E-state index in [1.807, 2.05) is 6.92 Å². The minimum atomic E-state index is -3.12. The molecule has 0 saturated carbocycles. The molecule has 2 atom stereocenters. The minimum absolute atomic E-state index is 0.102. The molecule has 1 aliphatic heterocycles. The van der Waals surface area contributed by atoms with Gasteiger partial charge in [0, 0.05) is 12.6 Å². The summed E-state index contributed by atoms with van der Waals surface area (Å²) in [6, 6.07) is 0.102. The molecule has 0 aromatic carbocycles. The van der Waals surface area contributed by atoms with Crippen molar-refractivity contribution in [3.63, 3.8) is 0 Å². The molecule has 0 spiro atoms. The molecule has 0 aliphatic carbocycles. The second-order valence-corrected chi connectivity index (χ2v) is 7.15. The van der Waals surface area contributed by atoms with Gasteiger partial charge in [0.2, 0.25) is 10.0 Å². The number of hydrogen-bond donors (Lipinski definition) is 2. The molecule has 0 amide bonds. The van der Waals surface area contributed by atoms with E-state index in [1.54, 1.807) is 0 Å². The van der Waals surface area contributed by atoms with E-state index in [-0.39, 0.29) is 11.8 Å². The summed E-state index contributed by atoms with van der Waals surface area (Å²) in [6.07, 6.45) is 1.58. The lowest BCUT2D eigenvalue weighted by Crippen LogP contribution is -2.49. The van der Waals surface area contributed by atoms with Crippen molar-refractivity contribution in [1.29, 1.82) is 0 Å². The maximum absolute atomic E-state index is 11.9. The first-order chi connectivity index (χ1) is 8.44. The topological polar surface area (TPSA) is 61.4 Å². The third-order valence-corrected chi connectivity index (χ3v) is 4.94. The van der Waals surface area contributed by atoms with Gasteiger partial charge in [-0.15, -0.1) is 0 Å². The molecule has 1 saturated heterocycles. The molecule has 1 aliphatic rings. The van der Waals surface area contributed by atoms with E-state index >= 15 is 0 Å². The first kappa shape index (κ1) is 15.9. The zero-order valence-electron chi connectivity index (χ0n) is 11.8. The van der Waals surface area contributed by atoms with Crippen LogP contribution in [0.4, 0.5) is 0 Å². The predicted octanol–water partition coefficient (Wildman–Crippen LogP) is 0.246. The Bertz CT molecular complexity index is 332. The van der Waals surface area contributed by atoms with Crippen LogP contribution in [0.25, 0.3) is 0 Å². The molecule has 0 aromatic heterocycles. The van der Waals surface area contributed by atoms with Crippen molar-refractivity contribution in [2.24, 2.45) is 5.92 Å². The third kappa shape index (κ3) is 5.65. The average Bonchev–Trinajstić information content (AvgIpc) is 2.28. The highest BCUT2D eigenvalue weighted by molar-refractivity contribution is 7.89. The Kier molecular flexibility index (Phi) is 6.55. The molecular formula is C12H27N3O2S. The van der Waals surface area contributed by atoms with Gasteiger partial charge < -0.3 is 10.2 Å². The van der Waals surface area contributed by atoms with Gasteiger partial charge in [-0.05, 0) is 45.4 Å². The number of nitrogens with zero attached hydrogens (tertiary/aromatic N) is 1. The van der Waals surface area contributed by atoms with Crippen molar-refractivity contribution in [1.82, 2.24) is 14.9 Å². The number of piperidine rings is 1. The molecule has 1 heterocycles. The smallest absolute Gasteiger partial charge is 0.211 e. The van der Waals surface area contributed by atoms with Gasteiger partial charge in [-0.3, -0.25) is 0 Å². The van der Waals surface area contributed by atoms with Crippen LogP contribution in [0.3, 0.4) is 0 Å².